The van der Waals surface area contributed by atoms with E-state index in [0.29, 0.717) is 16.4 Å². The van der Waals surface area contributed by atoms with Crippen LogP contribution in [0.25, 0.3) is 0 Å². The van der Waals surface area contributed by atoms with Gasteiger partial charge in [-0.15, -0.1) is 0 Å². The van der Waals surface area contributed by atoms with Gasteiger partial charge in [-0.2, -0.15) is 0 Å². The first kappa shape index (κ1) is 13.2. The van der Waals surface area contributed by atoms with E-state index in [1.807, 2.05) is 0 Å². The van der Waals surface area contributed by atoms with E-state index in [0.717, 1.165) is 12.5 Å². The zero-order valence-electron chi connectivity index (χ0n) is 13.3. The lowest BCUT2D eigenvalue weighted by molar-refractivity contribution is -0.112. The van der Waals surface area contributed by atoms with E-state index in [1.54, 1.807) is 0 Å². The maximum Gasteiger partial charge on any atom is 0.0967 e. The first-order valence-corrected chi connectivity index (χ1v) is 8.80. The van der Waals surface area contributed by atoms with Crippen LogP contribution in [0, 0.1) is 16.7 Å². The minimum Gasteiger partial charge on any atom is -0.368 e. The number of amidine groups is 1. The van der Waals surface area contributed by atoms with E-state index in [9.17, 15) is 0 Å². The van der Waals surface area contributed by atoms with Crippen LogP contribution >= 0.6 is 0 Å². The predicted octanol–water partition coefficient (Wildman–Crippen LogP) is 4.30. The highest BCUT2D eigenvalue weighted by molar-refractivity contribution is 5.83. The summed E-state index contributed by atoms with van der Waals surface area (Å²) >= 11 is 0. The molecule has 0 radical (unpaired) electrons. The first-order chi connectivity index (χ1) is 9.49. The fourth-order valence-electron chi connectivity index (χ4n) is 6.87. The predicted molar refractivity (Wildman–Crippen MR) is 84.0 cm³/mol. The highest BCUT2D eigenvalue weighted by Crippen LogP contribution is 2.66. The van der Waals surface area contributed by atoms with Gasteiger partial charge in [-0.05, 0) is 68.1 Å². The maximum absolute atomic E-state index is 4.85. The van der Waals surface area contributed by atoms with Gasteiger partial charge >= 0.3 is 0 Å². The molecule has 5 aliphatic rings. The molecule has 0 aromatic rings. The van der Waals surface area contributed by atoms with Crippen molar-refractivity contribution in [1.29, 1.82) is 0 Å². The van der Waals surface area contributed by atoms with Crippen molar-refractivity contribution in [2.75, 3.05) is 6.54 Å². The Morgan fingerprint density at radius 2 is 1.70 bits per heavy atom. The Hall–Kier alpha value is -0.530. The van der Waals surface area contributed by atoms with E-state index >= 15 is 0 Å². The summed E-state index contributed by atoms with van der Waals surface area (Å²) in [5, 5.41) is 4.00. The highest BCUT2D eigenvalue weighted by atomic mass is 15.1. The highest BCUT2D eigenvalue weighted by Gasteiger charge is 2.60. The Morgan fingerprint density at radius 1 is 0.950 bits per heavy atom. The molecule has 1 aliphatic heterocycles. The summed E-state index contributed by atoms with van der Waals surface area (Å²) in [4.78, 5) is 4.85. The smallest absolute Gasteiger partial charge is 0.0967 e. The topological polar surface area (TPSA) is 24.4 Å². The Labute approximate surface area is 123 Å². The molecule has 2 unspecified atom stereocenters. The number of rotatable bonds is 1. The molecule has 0 amide bonds. The molecule has 2 atom stereocenters. The number of nitrogens with zero attached hydrogens (tertiary/aromatic N) is 1. The minimum absolute atomic E-state index is 0.395. The third kappa shape index (κ3) is 2.19. The van der Waals surface area contributed by atoms with Gasteiger partial charge in [0.1, 0.15) is 0 Å². The van der Waals surface area contributed by atoms with Gasteiger partial charge in [0, 0.05) is 18.5 Å². The van der Waals surface area contributed by atoms with Gasteiger partial charge in [-0.3, -0.25) is 4.99 Å². The van der Waals surface area contributed by atoms with Crippen molar-refractivity contribution < 1.29 is 0 Å². The van der Waals surface area contributed by atoms with Crippen LogP contribution in [-0.2, 0) is 0 Å². The summed E-state index contributed by atoms with van der Waals surface area (Å²) in [6.45, 7) is 6.17. The lowest BCUT2D eigenvalue weighted by Crippen LogP contribution is -2.65. The van der Waals surface area contributed by atoms with E-state index in [-0.39, 0.29) is 0 Å². The second-order valence-corrected chi connectivity index (χ2v) is 9.17. The zero-order chi connectivity index (χ0) is 13.8. The van der Waals surface area contributed by atoms with Crippen LogP contribution in [0.4, 0.5) is 0 Å². The molecule has 1 N–H and O–H groups in total. The van der Waals surface area contributed by atoms with Crippen molar-refractivity contribution in [1.82, 2.24) is 5.32 Å². The van der Waals surface area contributed by atoms with Gasteiger partial charge in [0.2, 0.25) is 0 Å². The Bertz CT molecular complexity index is 421. The van der Waals surface area contributed by atoms with Crippen LogP contribution in [0.15, 0.2) is 4.99 Å². The summed E-state index contributed by atoms with van der Waals surface area (Å²) in [6.07, 6.45) is 13.8. The summed E-state index contributed by atoms with van der Waals surface area (Å²) in [7, 11) is 0. The van der Waals surface area contributed by atoms with Crippen LogP contribution in [0.5, 0.6) is 0 Å². The van der Waals surface area contributed by atoms with Gasteiger partial charge in [-0.25, -0.2) is 0 Å². The van der Waals surface area contributed by atoms with Crippen molar-refractivity contribution in [3.63, 3.8) is 0 Å². The quantitative estimate of drug-likeness (QED) is 0.757. The molecule has 2 nitrogen and oxygen atoms in total. The molecule has 0 spiro atoms. The van der Waals surface area contributed by atoms with E-state index in [1.165, 1.54) is 70.0 Å². The van der Waals surface area contributed by atoms with Crippen LogP contribution in [0.1, 0.15) is 78.1 Å². The van der Waals surface area contributed by atoms with E-state index in [2.05, 4.69) is 19.2 Å². The van der Waals surface area contributed by atoms with Crippen molar-refractivity contribution >= 4 is 5.84 Å². The molecule has 4 fully saturated rings. The molecule has 112 valence electrons. The number of hydrogen-bond donors (Lipinski definition) is 1. The number of nitrogens with one attached hydrogen (secondary N) is 1. The Balaban J connectivity index is 1.59. The van der Waals surface area contributed by atoms with Gasteiger partial charge in [0.25, 0.3) is 0 Å². The molecule has 4 bridgehead atoms. The fourth-order valence-corrected chi connectivity index (χ4v) is 6.87. The standard InChI is InChI=1S/C18H30N2/c1-16-8-14-9-17(2,11-16)13-18(10-14,12-16)20-15-6-4-3-5-7-19-15/h14H,3-13H2,1-2H3,(H,19,20). The third-order valence-electron chi connectivity index (χ3n) is 6.41. The maximum atomic E-state index is 4.85. The SMILES string of the molecule is CC12CC3CC(C)(C1)CC(NC1=NCCCCC1)(C3)C2. The Kier molecular flexibility index (Phi) is 2.79. The number of hydrogen-bond acceptors (Lipinski definition) is 2. The van der Waals surface area contributed by atoms with Crippen LogP contribution in [0.2, 0.25) is 0 Å². The van der Waals surface area contributed by atoms with Crippen LogP contribution < -0.4 is 5.32 Å². The average molecular weight is 274 g/mol. The molecule has 4 aliphatic carbocycles. The fraction of sp³-hybridized carbons (Fsp3) is 0.944. The van der Waals surface area contributed by atoms with Gasteiger partial charge in [0.05, 0.1) is 5.84 Å². The molecular weight excluding hydrogens is 244 g/mol. The monoisotopic (exact) mass is 274 g/mol. The summed E-state index contributed by atoms with van der Waals surface area (Å²) < 4.78 is 0. The van der Waals surface area contributed by atoms with Gasteiger partial charge < -0.3 is 5.32 Å². The normalized spacial score (nSPS) is 50.7. The van der Waals surface area contributed by atoms with Crippen molar-refractivity contribution in [2.24, 2.45) is 21.7 Å². The lowest BCUT2D eigenvalue weighted by Gasteiger charge is -2.65. The molecule has 20 heavy (non-hydrogen) atoms. The second-order valence-electron chi connectivity index (χ2n) is 9.17. The molecule has 4 saturated carbocycles. The summed E-state index contributed by atoms with van der Waals surface area (Å²) in [6, 6.07) is 0. The third-order valence-corrected chi connectivity index (χ3v) is 6.41. The first-order valence-electron chi connectivity index (χ1n) is 8.80. The Morgan fingerprint density at radius 3 is 2.40 bits per heavy atom. The zero-order valence-corrected chi connectivity index (χ0v) is 13.3. The van der Waals surface area contributed by atoms with Crippen molar-refractivity contribution in [3.8, 4) is 0 Å². The van der Waals surface area contributed by atoms with Crippen LogP contribution in [-0.4, -0.2) is 17.9 Å². The average Bonchev–Trinajstić information content (AvgIpc) is 2.51. The van der Waals surface area contributed by atoms with Crippen molar-refractivity contribution in [3.05, 3.63) is 0 Å². The van der Waals surface area contributed by atoms with Gasteiger partial charge in [-0.1, -0.05) is 20.3 Å². The molecular formula is C18H30N2. The molecule has 0 aromatic heterocycles. The summed E-state index contributed by atoms with van der Waals surface area (Å²) in [5.74, 6) is 2.32. The molecule has 5 rings (SSSR count). The van der Waals surface area contributed by atoms with Crippen LogP contribution in [0.3, 0.4) is 0 Å². The minimum atomic E-state index is 0.395. The number of aliphatic imine (C=N–C) groups is 1. The molecule has 0 aromatic carbocycles. The largest absolute Gasteiger partial charge is 0.368 e. The van der Waals surface area contributed by atoms with E-state index in [4.69, 9.17) is 4.99 Å². The molecule has 2 heteroatoms. The second kappa shape index (κ2) is 4.24. The molecule has 0 saturated heterocycles. The van der Waals surface area contributed by atoms with Gasteiger partial charge in [0.15, 0.2) is 0 Å². The van der Waals surface area contributed by atoms with E-state index < -0.39 is 0 Å². The lowest BCUT2D eigenvalue weighted by atomic mass is 9.43. The summed E-state index contributed by atoms with van der Waals surface area (Å²) in [5.41, 5.74) is 1.60. The van der Waals surface area contributed by atoms with Crippen molar-refractivity contribution in [2.45, 2.75) is 83.6 Å². The molecule has 1 heterocycles.